The van der Waals surface area contributed by atoms with Crippen LogP contribution < -0.4 is 0 Å². The van der Waals surface area contributed by atoms with E-state index in [1.54, 1.807) is 0 Å². The van der Waals surface area contributed by atoms with Crippen molar-refractivity contribution in [3.8, 4) is 0 Å². The van der Waals surface area contributed by atoms with Gasteiger partial charge < -0.3 is 39.4 Å². The molecule has 0 radical (unpaired) electrons. The summed E-state index contributed by atoms with van der Waals surface area (Å²) in [5.74, 6) is 0. The minimum Gasteiger partial charge on any atom is -0.394 e. The first-order valence-electron chi connectivity index (χ1n) is 6.62. The highest BCUT2D eigenvalue weighted by Gasteiger charge is 2.21. The third-order valence-electron chi connectivity index (χ3n) is 2.68. The lowest BCUT2D eigenvalue weighted by molar-refractivity contribution is -0.164. The molecule has 120 valence electrons. The monoisotopic (exact) mass is 296 g/mol. The SMILES string of the molecule is OCC(O)COCC(O)COCC1COC(CO)CO1. The van der Waals surface area contributed by atoms with Crippen molar-refractivity contribution in [2.75, 3.05) is 52.9 Å². The summed E-state index contributed by atoms with van der Waals surface area (Å²) in [5, 5.41) is 36.0. The standard InChI is InChI=1S/C12H24O8/c13-1-9(15)3-17-4-10(16)5-18-6-12-8-19-11(2-14)7-20-12/h9-16H,1-8H2. The summed E-state index contributed by atoms with van der Waals surface area (Å²) >= 11 is 0. The fourth-order valence-electron chi connectivity index (χ4n) is 1.56. The van der Waals surface area contributed by atoms with Crippen LogP contribution in [0, 0.1) is 0 Å². The molecular formula is C12H24O8. The molecule has 0 aromatic carbocycles. The predicted molar refractivity (Wildman–Crippen MR) is 67.3 cm³/mol. The number of aliphatic hydroxyl groups is 4. The highest BCUT2D eigenvalue weighted by atomic mass is 16.6. The molecule has 0 saturated carbocycles. The molecule has 1 fully saturated rings. The highest BCUT2D eigenvalue weighted by Crippen LogP contribution is 2.07. The van der Waals surface area contributed by atoms with E-state index in [4.69, 9.17) is 34.3 Å². The van der Waals surface area contributed by atoms with Crippen molar-refractivity contribution >= 4 is 0 Å². The molecular weight excluding hydrogens is 272 g/mol. The van der Waals surface area contributed by atoms with Crippen LogP contribution in [-0.4, -0.2) is 97.7 Å². The van der Waals surface area contributed by atoms with Crippen molar-refractivity contribution in [1.82, 2.24) is 0 Å². The largest absolute Gasteiger partial charge is 0.394 e. The predicted octanol–water partition coefficient (Wildman–Crippen LogP) is -2.49. The van der Waals surface area contributed by atoms with E-state index in [0.717, 1.165) is 0 Å². The zero-order chi connectivity index (χ0) is 14.8. The van der Waals surface area contributed by atoms with Gasteiger partial charge in [-0.3, -0.25) is 0 Å². The molecule has 4 atom stereocenters. The molecule has 0 spiro atoms. The fraction of sp³-hybridized carbons (Fsp3) is 1.00. The fourth-order valence-corrected chi connectivity index (χ4v) is 1.56. The van der Waals surface area contributed by atoms with E-state index < -0.39 is 12.2 Å². The highest BCUT2D eigenvalue weighted by molar-refractivity contribution is 4.67. The summed E-state index contributed by atoms with van der Waals surface area (Å²) < 4.78 is 21.0. The number of rotatable bonds is 10. The van der Waals surface area contributed by atoms with Gasteiger partial charge in [0.25, 0.3) is 0 Å². The van der Waals surface area contributed by atoms with Gasteiger partial charge in [0.2, 0.25) is 0 Å². The average Bonchev–Trinajstić information content (AvgIpc) is 2.47. The van der Waals surface area contributed by atoms with E-state index in [1.165, 1.54) is 0 Å². The lowest BCUT2D eigenvalue weighted by Gasteiger charge is -2.28. The molecule has 1 heterocycles. The molecule has 1 saturated heterocycles. The zero-order valence-electron chi connectivity index (χ0n) is 11.4. The summed E-state index contributed by atoms with van der Waals surface area (Å²) in [4.78, 5) is 0. The second-order valence-corrected chi connectivity index (χ2v) is 4.66. The molecule has 0 amide bonds. The first-order valence-corrected chi connectivity index (χ1v) is 6.62. The van der Waals surface area contributed by atoms with Crippen LogP contribution in [-0.2, 0) is 18.9 Å². The Hall–Kier alpha value is -0.320. The van der Waals surface area contributed by atoms with Gasteiger partial charge in [-0.2, -0.15) is 0 Å². The van der Waals surface area contributed by atoms with Crippen LogP contribution in [0.3, 0.4) is 0 Å². The van der Waals surface area contributed by atoms with Crippen LogP contribution in [0.25, 0.3) is 0 Å². The van der Waals surface area contributed by atoms with Gasteiger partial charge in [0.15, 0.2) is 0 Å². The summed E-state index contributed by atoms with van der Waals surface area (Å²) in [7, 11) is 0. The minimum absolute atomic E-state index is 0.0195. The van der Waals surface area contributed by atoms with E-state index in [-0.39, 0.29) is 51.8 Å². The van der Waals surface area contributed by atoms with Crippen LogP contribution in [0.15, 0.2) is 0 Å². The Labute approximate surface area is 117 Å². The Balaban J connectivity index is 1.98. The second kappa shape index (κ2) is 10.4. The lowest BCUT2D eigenvalue weighted by atomic mass is 10.3. The molecule has 0 aliphatic carbocycles. The van der Waals surface area contributed by atoms with Gasteiger partial charge in [-0.1, -0.05) is 0 Å². The van der Waals surface area contributed by atoms with Gasteiger partial charge >= 0.3 is 0 Å². The molecule has 0 aromatic rings. The maximum absolute atomic E-state index is 9.55. The maximum Gasteiger partial charge on any atom is 0.104 e. The molecule has 1 rings (SSSR count). The topological polar surface area (TPSA) is 118 Å². The van der Waals surface area contributed by atoms with Gasteiger partial charge in [0.1, 0.15) is 24.4 Å². The third-order valence-corrected chi connectivity index (χ3v) is 2.68. The molecule has 8 nitrogen and oxygen atoms in total. The maximum atomic E-state index is 9.55. The molecule has 1 aliphatic rings. The summed E-state index contributed by atoms with van der Waals surface area (Å²) in [5.41, 5.74) is 0. The molecule has 20 heavy (non-hydrogen) atoms. The summed E-state index contributed by atoms with van der Waals surface area (Å²) in [6, 6.07) is 0. The van der Waals surface area contributed by atoms with E-state index in [9.17, 15) is 5.11 Å². The average molecular weight is 296 g/mol. The summed E-state index contributed by atoms with van der Waals surface area (Å²) in [6.45, 7) is 0.591. The number of hydrogen-bond donors (Lipinski definition) is 4. The van der Waals surface area contributed by atoms with Gasteiger partial charge in [-0.15, -0.1) is 0 Å². The first kappa shape index (κ1) is 17.7. The first-order chi connectivity index (χ1) is 9.65. The van der Waals surface area contributed by atoms with Gasteiger partial charge in [-0.05, 0) is 0 Å². The van der Waals surface area contributed by atoms with E-state index in [1.807, 2.05) is 0 Å². The third kappa shape index (κ3) is 7.46. The lowest BCUT2D eigenvalue weighted by Crippen LogP contribution is -2.40. The van der Waals surface area contributed by atoms with Gasteiger partial charge in [-0.25, -0.2) is 0 Å². The minimum atomic E-state index is -0.935. The molecule has 8 heteroatoms. The smallest absolute Gasteiger partial charge is 0.104 e. The normalized spacial score (nSPS) is 26.4. The van der Waals surface area contributed by atoms with Crippen molar-refractivity contribution in [3.05, 3.63) is 0 Å². The molecule has 4 N–H and O–H groups in total. The Morgan fingerprint density at radius 3 is 2.10 bits per heavy atom. The molecule has 1 aliphatic heterocycles. The van der Waals surface area contributed by atoms with Crippen LogP contribution >= 0.6 is 0 Å². The molecule has 4 unspecified atom stereocenters. The second-order valence-electron chi connectivity index (χ2n) is 4.66. The van der Waals surface area contributed by atoms with Crippen molar-refractivity contribution in [2.45, 2.75) is 24.4 Å². The van der Waals surface area contributed by atoms with Crippen LogP contribution in [0.1, 0.15) is 0 Å². The quantitative estimate of drug-likeness (QED) is 0.350. The zero-order valence-corrected chi connectivity index (χ0v) is 11.4. The number of ether oxygens (including phenoxy) is 4. The van der Waals surface area contributed by atoms with Gasteiger partial charge in [0.05, 0.1) is 52.9 Å². The van der Waals surface area contributed by atoms with Crippen molar-refractivity contribution in [1.29, 1.82) is 0 Å². The summed E-state index contributed by atoms with van der Waals surface area (Å²) in [6.07, 6.45) is -2.23. The van der Waals surface area contributed by atoms with Crippen molar-refractivity contribution in [3.63, 3.8) is 0 Å². The van der Waals surface area contributed by atoms with E-state index in [2.05, 4.69) is 0 Å². The number of hydrogen-bond acceptors (Lipinski definition) is 8. The Kier molecular flexibility index (Phi) is 9.23. The Morgan fingerprint density at radius 2 is 1.50 bits per heavy atom. The van der Waals surface area contributed by atoms with E-state index in [0.29, 0.717) is 13.2 Å². The van der Waals surface area contributed by atoms with Gasteiger partial charge in [0, 0.05) is 0 Å². The molecule has 0 aromatic heterocycles. The number of aliphatic hydroxyl groups excluding tert-OH is 4. The van der Waals surface area contributed by atoms with E-state index >= 15 is 0 Å². The van der Waals surface area contributed by atoms with Crippen molar-refractivity contribution in [2.24, 2.45) is 0 Å². The van der Waals surface area contributed by atoms with Crippen molar-refractivity contribution < 1.29 is 39.4 Å². The Morgan fingerprint density at radius 1 is 0.900 bits per heavy atom. The van der Waals surface area contributed by atoms with Crippen LogP contribution in [0.5, 0.6) is 0 Å². The van der Waals surface area contributed by atoms with Crippen LogP contribution in [0.2, 0.25) is 0 Å². The van der Waals surface area contributed by atoms with Crippen LogP contribution in [0.4, 0.5) is 0 Å². The Bertz CT molecular complexity index is 231. The molecule has 0 bridgehead atoms.